The second kappa shape index (κ2) is 2.84. The molecule has 0 aromatic carbocycles. The molecule has 0 aromatic heterocycles. The van der Waals surface area contributed by atoms with Gasteiger partial charge >= 0.3 is 11.9 Å². The lowest BCUT2D eigenvalue weighted by Crippen LogP contribution is -2.67. The molecule has 0 amide bonds. The molecule has 2 saturated heterocycles. The van der Waals surface area contributed by atoms with E-state index in [0.717, 1.165) is 0 Å². The molecule has 4 aliphatic heterocycles. The number of carbonyl (C=O) groups is 2. The van der Waals surface area contributed by atoms with Gasteiger partial charge in [0, 0.05) is 0 Å². The van der Waals surface area contributed by atoms with Crippen LogP contribution in [0.4, 0.5) is 0 Å². The Morgan fingerprint density at radius 1 is 0.900 bits per heavy atom. The lowest BCUT2D eigenvalue weighted by atomic mass is 9.46. The van der Waals surface area contributed by atoms with E-state index in [1.54, 1.807) is 38.2 Å². The van der Waals surface area contributed by atoms with Crippen LogP contribution in [0, 0.1) is 10.8 Å². The molecule has 0 saturated carbocycles. The highest BCUT2D eigenvalue weighted by Crippen LogP contribution is 2.75. The van der Waals surface area contributed by atoms with E-state index in [4.69, 9.17) is 9.47 Å². The van der Waals surface area contributed by atoms with Crippen molar-refractivity contribution < 1.29 is 29.3 Å². The van der Waals surface area contributed by atoms with Gasteiger partial charge in [0.15, 0.2) is 10.8 Å². The number of ether oxygens (including phenoxy) is 2. The maximum Gasteiger partial charge on any atom is 0.317 e. The average Bonchev–Trinajstić information content (AvgIpc) is 3.01. The third-order valence-electron chi connectivity index (χ3n) is 5.64. The number of aliphatic carboxylic acids is 2. The van der Waals surface area contributed by atoms with E-state index in [9.17, 15) is 19.8 Å². The molecule has 6 atom stereocenters. The summed E-state index contributed by atoms with van der Waals surface area (Å²) in [6, 6.07) is 0. The van der Waals surface area contributed by atoms with Crippen molar-refractivity contribution in [3.8, 4) is 0 Å². The van der Waals surface area contributed by atoms with Gasteiger partial charge in [0.1, 0.15) is 11.2 Å². The van der Waals surface area contributed by atoms with Gasteiger partial charge in [0.25, 0.3) is 0 Å². The Hall–Kier alpha value is -1.66. The van der Waals surface area contributed by atoms with Crippen molar-refractivity contribution in [1.82, 2.24) is 0 Å². The van der Waals surface area contributed by atoms with Crippen molar-refractivity contribution in [1.29, 1.82) is 0 Å². The van der Waals surface area contributed by atoms with Crippen molar-refractivity contribution in [2.45, 2.75) is 37.3 Å². The average molecular weight is 278 g/mol. The normalized spacial score (nSPS) is 57.3. The summed E-state index contributed by atoms with van der Waals surface area (Å²) in [5, 5.41) is 19.8. The first-order valence-electron chi connectivity index (χ1n) is 6.47. The molecule has 0 aromatic rings. The summed E-state index contributed by atoms with van der Waals surface area (Å²) < 4.78 is 11.6. The second-order valence-electron chi connectivity index (χ2n) is 6.24. The van der Waals surface area contributed by atoms with Crippen molar-refractivity contribution in [2.75, 3.05) is 0 Å². The molecule has 6 heteroatoms. The highest BCUT2D eigenvalue weighted by atomic mass is 16.6. The molecule has 6 nitrogen and oxygen atoms in total. The van der Waals surface area contributed by atoms with Crippen molar-refractivity contribution >= 4 is 11.9 Å². The van der Waals surface area contributed by atoms with E-state index in [-0.39, 0.29) is 0 Å². The van der Waals surface area contributed by atoms with Crippen molar-refractivity contribution in [2.24, 2.45) is 10.8 Å². The third kappa shape index (κ3) is 0.756. The summed E-state index contributed by atoms with van der Waals surface area (Å²) in [5.74, 6) is -2.38. The fourth-order valence-electron chi connectivity index (χ4n) is 4.94. The Bertz CT molecular complexity index is 569. The summed E-state index contributed by atoms with van der Waals surface area (Å²) in [6.45, 7) is 3.26. The zero-order chi connectivity index (χ0) is 14.6. The quantitative estimate of drug-likeness (QED) is 0.718. The molecule has 4 bridgehead atoms. The number of rotatable bonds is 2. The molecule has 0 aliphatic carbocycles. The van der Waals surface area contributed by atoms with Gasteiger partial charge in [-0.05, 0) is 13.8 Å². The lowest BCUT2D eigenvalue weighted by Gasteiger charge is -2.47. The molecule has 4 aliphatic rings. The van der Waals surface area contributed by atoms with Crippen LogP contribution < -0.4 is 0 Å². The topological polar surface area (TPSA) is 93.1 Å². The molecule has 106 valence electrons. The summed E-state index contributed by atoms with van der Waals surface area (Å²) in [5.41, 5.74) is -5.66. The summed E-state index contributed by atoms with van der Waals surface area (Å²) >= 11 is 0. The number of hydrogen-bond donors (Lipinski definition) is 2. The Balaban J connectivity index is 2.15. The molecule has 2 N–H and O–H groups in total. The van der Waals surface area contributed by atoms with Crippen LogP contribution >= 0.6 is 0 Å². The van der Waals surface area contributed by atoms with E-state index >= 15 is 0 Å². The first-order valence-corrected chi connectivity index (χ1v) is 6.47. The van der Waals surface area contributed by atoms with E-state index in [0.29, 0.717) is 0 Å². The van der Waals surface area contributed by atoms with Gasteiger partial charge in [-0.25, -0.2) is 0 Å². The minimum absolute atomic E-state index is 0.805. The van der Waals surface area contributed by atoms with Crippen LogP contribution in [-0.4, -0.2) is 45.6 Å². The first-order chi connectivity index (χ1) is 9.26. The minimum atomic E-state index is -1.64. The molecule has 0 radical (unpaired) electrons. The van der Waals surface area contributed by atoms with Crippen LogP contribution in [0.5, 0.6) is 0 Å². The zero-order valence-electron chi connectivity index (χ0n) is 11.0. The highest BCUT2D eigenvalue weighted by Gasteiger charge is 2.91. The largest absolute Gasteiger partial charge is 0.481 e. The van der Waals surface area contributed by atoms with Gasteiger partial charge < -0.3 is 19.7 Å². The number of carboxylic acid groups (broad SMARTS) is 2. The van der Waals surface area contributed by atoms with Gasteiger partial charge in [0.05, 0.1) is 12.2 Å². The third-order valence-corrected chi connectivity index (χ3v) is 5.64. The molecule has 2 fully saturated rings. The standard InChI is InChI=1S/C14H14O6/c1-11-5-3-8(19-11)14(10(17)18)12(2)6-4-7(20-12)13(11,14)9(15)16/h3-8H,1-2H3,(H,15,16)(H,17,18). The van der Waals surface area contributed by atoms with E-state index in [2.05, 4.69) is 0 Å². The first kappa shape index (κ1) is 12.1. The summed E-state index contributed by atoms with van der Waals surface area (Å²) in [4.78, 5) is 24.3. The fraction of sp³-hybridized carbons (Fsp3) is 0.571. The number of hydrogen-bond acceptors (Lipinski definition) is 4. The van der Waals surface area contributed by atoms with Gasteiger partial charge in [-0.1, -0.05) is 24.3 Å². The Morgan fingerprint density at radius 3 is 1.55 bits per heavy atom. The monoisotopic (exact) mass is 278 g/mol. The van der Waals surface area contributed by atoms with Crippen LogP contribution in [0.15, 0.2) is 24.3 Å². The number of fused-ring (bicyclic) bond motifs is 9. The SMILES string of the molecule is CC12C=CC(O1)C1(C(=O)O)C3(C)C=CC(O3)C21C(=O)O. The molecule has 4 rings (SSSR count). The van der Waals surface area contributed by atoms with Gasteiger partial charge in [0.2, 0.25) is 0 Å². The predicted octanol–water partition coefficient (Wildman–Crippen LogP) is 0.583. The Morgan fingerprint density at radius 2 is 1.25 bits per heavy atom. The van der Waals surface area contributed by atoms with Crippen LogP contribution in [0.3, 0.4) is 0 Å². The Labute approximate surface area is 114 Å². The summed E-state index contributed by atoms with van der Waals surface area (Å²) in [7, 11) is 0. The highest BCUT2D eigenvalue weighted by molar-refractivity contribution is 5.95. The molecular formula is C14H14O6. The molecular weight excluding hydrogens is 264 g/mol. The minimum Gasteiger partial charge on any atom is -0.481 e. The van der Waals surface area contributed by atoms with E-state index in [1.165, 1.54) is 0 Å². The smallest absolute Gasteiger partial charge is 0.317 e. The van der Waals surface area contributed by atoms with E-state index < -0.39 is 46.2 Å². The van der Waals surface area contributed by atoms with Crippen LogP contribution in [-0.2, 0) is 19.1 Å². The fourth-order valence-corrected chi connectivity index (χ4v) is 4.94. The van der Waals surface area contributed by atoms with E-state index in [1.807, 2.05) is 0 Å². The molecule has 0 spiro atoms. The van der Waals surface area contributed by atoms with Crippen LogP contribution in [0.2, 0.25) is 0 Å². The van der Waals surface area contributed by atoms with Gasteiger partial charge in [-0.2, -0.15) is 0 Å². The number of carboxylic acids is 2. The predicted molar refractivity (Wildman–Crippen MR) is 65.0 cm³/mol. The van der Waals surface area contributed by atoms with Gasteiger partial charge in [-0.3, -0.25) is 9.59 Å². The Kier molecular flexibility index (Phi) is 1.72. The summed E-state index contributed by atoms with van der Waals surface area (Å²) in [6.07, 6.45) is 5.02. The second-order valence-corrected chi connectivity index (χ2v) is 6.24. The maximum atomic E-state index is 12.2. The zero-order valence-corrected chi connectivity index (χ0v) is 11.0. The molecule has 20 heavy (non-hydrogen) atoms. The van der Waals surface area contributed by atoms with Crippen LogP contribution in [0.25, 0.3) is 0 Å². The lowest BCUT2D eigenvalue weighted by molar-refractivity contribution is -0.175. The maximum absolute atomic E-state index is 12.2. The van der Waals surface area contributed by atoms with Crippen LogP contribution in [0.1, 0.15) is 13.8 Å². The van der Waals surface area contributed by atoms with Crippen molar-refractivity contribution in [3.05, 3.63) is 24.3 Å². The molecule has 6 unspecified atom stereocenters. The van der Waals surface area contributed by atoms with Gasteiger partial charge in [-0.15, -0.1) is 0 Å². The molecule has 4 heterocycles. The van der Waals surface area contributed by atoms with Crippen molar-refractivity contribution in [3.63, 3.8) is 0 Å².